The minimum Gasteiger partial charge on any atom is -0.493 e. The van der Waals surface area contributed by atoms with Crippen LogP contribution in [0.4, 0.5) is 0 Å². The van der Waals surface area contributed by atoms with Crippen LogP contribution >= 0.6 is 0 Å². The average Bonchev–Trinajstić information content (AvgIpc) is 2.99. The summed E-state index contributed by atoms with van der Waals surface area (Å²) in [5.41, 5.74) is 1.96. The fraction of sp³-hybridized carbons (Fsp3) is 0.412. The van der Waals surface area contributed by atoms with E-state index < -0.39 is 0 Å². The first-order chi connectivity index (χ1) is 11.5. The van der Waals surface area contributed by atoms with Crippen LogP contribution in [0.2, 0.25) is 0 Å². The van der Waals surface area contributed by atoms with Gasteiger partial charge in [0.05, 0.1) is 27.0 Å². The molecule has 0 saturated heterocycles. The number of aromatic nitrogens is 1. The lowest BCUT2D eigenvalue weighted by molar-refractivity contribution is 0.0948. The van der Waals surface area contributed by atoms with Gasteiger partial charge in [-0.15, -0.1) is 0 Å². The van der Waals surface area contributed by atoms with E-state index in [1.165, 1.54) is 0 Å². The number of methoxy groups -OCH3 is 3. The fourth-order valence-electron chi connectivity index (χ4n) is 2.46. The minimum atomic E-state index is -0.223. The largest absolute Gasteiger partial charge is 0.493 e. The Labute approximate surface area is 140 Å². The van der Waals surface area contributed by atoms with Crippen molar-refractivity contribution < 1.29 is 23.5 Å². The highest BCUT2D eigenvalue weighted by Gasteiger charge is 2.19. The number of hydrogen-bond donors (Lipinski definition) is 1. The van der Waals surface area contributed by atoms with Crippen LogP contribution in [0.3, 0.4) is 0 Å². The third-order valence-electron chi connectivity index (χ3n) is 3.67. The van der Waals surface area contributed by atoms with Crippen molar-refractivity contribution in [2.24, 2.45) is 0 Å². The van der Waals surface area contributed by atoms with E-state index in [-0.39, 0.29) is 5.91 Å². The Kier molecular flexibility index (Phi) is 5.68. The van der Waals surface area contributed by atoms with Gasteiger partial charge in [-0.3, -0.25) is 4.79 Å². The van der Waals surface area contributed by atoms with Gasteiger partial charge in [0.2, 0.25) is 5.75 Å². The first kappa shape index (κ1) is 17.7. The highest BCUT2D eigenvalue weighted by atomic mass is 16.5. The van der Waals surface area contributed by atoms with Crippen molar-refractivity contribution in [3.8, 4) is 17.2 Å². The Bertz CT molecular complexity index is 699. The lowest BCUT2D eigenvalue weighted by Crippen LogP contribution is -2.24. The number of ether oxygens (including phenoxy) is 3. The molecule has 2 aromatic rings. The Morgan fingerprint density at radius 2 is 1.79 bits per heavy atom. The number of nitrogens with zero attached hydrogens (tertiary/aromatic N) is 1. The van der Waals surface area contributed by atoms with Crippen LogP contribution in [0.15, 0.2) is 16.7 Å². The molecule has 7 nitrogen and oxygen atoms in total. The molecule has 0 atom stereocenters. The third-order valence-corrected chi connectivity index (χ3v) is 3.67. The first-order valence-electron chi connectivity index (χ1n) is 7.57. The van der Waals surface area contributed by atoms with Crippen LogP contribution in [0.1, 0.15) is 34.3 Å². The number of nitrogens with one attached hydrogen (secondary N) is 1. The number of carbonyl (C=O) groups is 1. The van der Waals surface area contributed by atoms with E-state index in [0.717, 1.165) is 5.56 Å². The predicted octanol–water partition coefficient (Wildman–Crippen LogP) is 2.50. The van der Waals surface area contributed by atoms with Gasteiger partial charge < -0.3 is 24.1 Å². The highest BCUT2D eigenvalue weighted by molar-refractivity contribution is 5.96. The summed E-state index contributed by atoms with van der Waals surface area (Å²) in [6.45, 7) is 3.96. The molecule has 0 radical (unpaired) electrons. The van der Waals surface area contributed by atoms with Gasteiger partial charge in [-0.1, -0.05) is 12.1 Å². The molecule has 0 aliphatic heterocycles. The molecule has 24 heavy (non-hydrogen) atoms. The summed E-state index contributed by atoms with van der Waals surface area (Å²) >= 11 is 0. The summed E-state index contributed by atoms with van der Waals surface area (Å²) < 4.78 is 21.0. The maximum absolute atomic E-state index is 12.4. The topological polar surface area (TPSA) is 82.8 Å². The Morgan fingerprint density at radius 1 is 1.17 bits per heavy atom. The fourth-order valence-corrected chi connectivity index (χ4v) is 2.46. The molecule has 130 valence electrons. The van der Waals surface area contributed by atoms with E-state index in [1.807, 2.05) is 6.92 Å². The number of carbonyl (C=O) groups excluding carboxylic acids is 1. The number of rotatable bonds is 7. The van der Waals surface area contributed by atoms with Gasteiger partial charge >= 0.3 is 0 Å². The van der Waals surface area contributed by atoms with Crippen LogP contribution < -0.4 is 19.5 Å². The lowest BCUT2D eigenvalue weighted by Gasteiger charge is -2.14. The highest BCUT2D eigenvalue weighted by Crippen LogP contribution is 2.38. The zero-order valence-electron chi connectivity index (χ0n) is 14.6. The van der Waals surface area contributed by atoms with Crippen molar-refractivity contribution in [3.63, 3.8) is 0 Å². The molecule has 0 saturated carbocycles. The third kappa shape index (κ3) is 3.45. The summed E-state index contributed by atoms with van der Waals surface area (Å²) in [6.07, 6.45) is 0.629. The molecule has 1 N–H and O–H groups in total. The van der Waals surface area contributed by atoms with E-state index >= 15 is 0 Å². The zero-order chi connectivity index (χ0) is 17.7. The minimum absolute atomic E-state index is 0.223. The summed E-state index contributed by atoms with van der Waals surface area (Å²) in [7, 11) is 4.64. The summed E-state index contributed by atoms with van der Waals surface area (Å²) in [5, 5.41) is 6.76. The molecule has 1 aromatic heterocycles. The molecule has 2 rings (SSSR count). The Balaban J connectivity index is 2.20. The first-order valence-corrected chi connectivity index (χ1v) is 7.57. The van der Waals surface area contributed by atoms with Crippen molar-refractivity contribution >= 4 is 5.91 Å². The normalized spacial score (nSPS) is 10.4. The molecular formula is C17H22N2O5. The van der Waals surface area contributed by atoms with E-state index in [1.54, 1.807) is 40.4 Å². The summed E-state index contributed by atoms with van der Waals surface area (Å²) in [4.78, 5) is 12.4. The molecule has 1 heterocycles. The summed E-state index contributed by atoms with van der Waals surface area (Å²) in [5.74, 6) is 1.87. The van der Waals surface area contributed by atoms with Gasteiger partial charge in [0.15, 0.2) is 11.5 Å². The number of aryl methyl sites for hydroxylation is 2. The smallest absolute Gasteiger partial charge is 0.257 e. The molecule has 0 aliphatic carbocycles. The van der Waals surface area contributed by atoms with Crippen LogP contribution in [0, 0.1) is 6.92 Å². The standard InChI is InChI=1S/C17H22N2O5/c1-6-12-15(10(2)24-19-12)17(20)18-9-11-7-13(21-3)16(23-5)14(8-11)22-4/h7-8H,6,9H2,1-5H3,(H,18,20). The van der Waals surface area contributed by atoms with Crippen molar-refractivity contribution in [3.05, 3.63) is 34.7 Å². The van der Waals surface area contributed by atoms with Gasteiger partial charge in [-0.2, -0.15) is 0 Å². The Morgan fingerprint density at radius 3 is 2.29 bits per heavy atom. The zero-order valence-corrected chi connectivity index (χ0v) is 14.6. The monoisotopic (exact) mass is 334 g/mol. The Hall–Kier alpha value is -2.70. The van der Waals surface area contributed by atoms with Crippen LogP contribution in [-0.4, -0.2) is 32.4 Å². The molecule has 0 aliphatic rings. The number of benzene rings is 1. The van der Waals surface area contributed by atoms with Gasteiger partial charge in [-0.25, -0.2) is 0 Å². The predicted molar refractivity (Wildman–Crippen MR) is 87.9 cm³/mol. The van der Waals surface area contributed by atoms with Crippen molar-refractivity contribution in [2.75, 3.05) is 21.3 Å². The van der Waals surface area contributed by atoms with E-state index in [0.29, 0.717) is 47.2 Å². The maximum atomic E-state index is 12.4. The molecule has 1 aromatic carbocycles. The van der Waals surface area contributed by atoms with E-state index in [4.69, 9.17) is 18.7 Å². The second kappa shape index (κ2) is 7.72. The van der Waals surface area contributed by atoms with Gasteiger partial charge in [0.1, 0.15) is 11.3 Å². The quantitative estimate of drug-likeness (QED) is 0.838. The molecular weight excluding hydrogens is 312 g/mol. The molecule has 0 fully saturated rings. The number of amides is 1. The van der Waals surface area contributed by atoms with Gasteiger partial charge in [0.25, 0.3) is 5.91 Å². The molecule has 0 spiro atoms. The van der Waals surface area contributed by atoms with Crippen molar-refractivity contribution in [2.45, 2.75) is 26.8 Å². The van der Waals surface area contributed by atoms with Gasteiger partial charge in [-0.05, 0) is 31.0 Å². The molecule has 0 bridgehead atoms. The van der Waals surface area contributed by atoms with Crippen LogP contribution in [0.25, 0.3) is 0 Å². The second-order valence-electron chi connectivity index (χ2n) is 5.13. The van der Waals surface area contributed by atoms with Gasteiger partial charge in [0, 0.05) is 6.54 Å². The number of hydrogen-bond acceptors (Lipinski definition) is 6. The van der Waals surface area contributed by atoms with E-state index in [9.17, 15) is 4.79 Å². The van der Waals surface area contributed by atoms with Crippen LogP contribution in [-0.2, 0) is 13.0 Å². The molecule has 7 heteroatoms. The lowest BCUT2D eigenvalue weighted by atomic mass is 10.1. The summed E-state index contributed by atoms with van der Waals surface area (Å²) in [6, 6.07) is 3.59. The van der Waals surface area contributed by atoms with Crippen LogP contribution in [0.5, 0.6) is 17.2 Å². The van der Waals surface area contributed by atoms with E-state index in [2.05, 4.69) is 10.5 Å². The van der Waals surface area contributed by atoms with Crippen molar-refractivity contribution in [1.29, 1.82) is 0 Å². The molecule has 0 unspecified atom stereocenters. The second-order valence-corrected chi connectivity index (χ2v) is 5.13. The van der Waals surface area contributed by atoms with Crippen molar-refractivity contribution in [1.82, 2.24) is 10.5 Å². The maximum Gasteiger partial charge on any atom is 0.257 e. The average molecular weight is 334 g/mol. The molecule has 1 amide bonds. The SMILES string of the molecule is CCc1noc(C)c1C(=O)NCc1cc(OC)c(OC)c(OC)c1.